The van der Waals surface area contributed by atoms with Crippen LogP contribution in [0.2, 0.25) is 0 Å². The monoisotopic (exact) mass is 567 g/mol. The summed E-state index contributed by atoms with van der Waals surface area (Å²) < 4.78 is 62.7. The number of alkyl halides is 3. The minimum absolute atomic E-state index is 0.0230. The lowest BCUT2D eigenvalue weighted by molar-refractivity contribution is -0.136. The van der Waals surface area contributed by atoms with Crippen molar-refractivity contribution in [1.29, 1.82) is 5.26 Å². The quantitative estimate of drug-likeness (QED) is 0.172. The van der Waals surface area contributed by atoms with Crippen LogP contribution in [0.5, 0.6) is 0 Å². The zero-order valence-electron chi connectivity index (χ0n) is 22.3. The Hall–Kier alpha value is -4.83. The van der Waals surface area contributed by atoms with Crippen LogP contribution in [0.25, 0.3) is 45.2 Å². The highest BCUT2D eigenvalue weighted by Gasteiger charge is 2.35. The Morgan fingerprint density at radius 3 is 2.51 bits per heavy atom. The maximum Gasteiger partial charge on any atom is 0.420 e. The smallest absolute Gasteiger partial charge is 0.420 e. The van der Waals surface area contributed by atoms with E-state index in [2.05, 4.69) is 25.5 Å². The van der Waals surface area contributed by atoms with Crippen molar-refractivity contribution in [2.45, 2.75) is 33.1 Å². The number of aromatic nitrogens is 5. The van der Waals surface area contributed by atoms with Gasteiger partial charge in [0.05, 0.1) is 19.1 Å². The van der Waals surface area contributed by atoms with Crippen LogP contribution >= 0.6 is 0 Å². The van der Waals surface area contributed by atoms with Gasteiger partial charge in [0, 0.05) is 19.2 Å². The predicted octanol–water partition coefficient (Wildman–Crippen LogP) is 6.35. The molecule has 3 aromatic heterocycles. The number of nitrogens with one attached hydrogen (secondary N) is 1. The second-order valence-corrected chi connectivity index (χ2v) is 8.58. The second kappa shape index (κ2) is 12.1. The molecule has 0 amide bonds. The predicted molar refractivity (Wildman–Crippen MR) is 144 cm³/mol. The lowest BCUT2D eigenvalue weighted by Crippen LogP contribution is -2.06. The molecule has 5 aromatic rings. The Morgan fingerprint density at radius 2 is 1.85 bits per heavy atom. The lowest BCUT2D eigenvalue weighted by atomic mass is 9.98. The number of nitrogens with zero attached hydrogens (tertiary/aromatic N) is 6. The summed E-state index contributed by atoms with van der Waals surface area (Å²) in [5, 5.41) is 29.3. The summed E-state index contributed by atoms with van der Waals surface area (Å²) in [5.41, 5.74) is -0.0981. The number of oxazole rings is 1. The first-order valence-corrected chi connectivity index (χ1v) is 12.6. The number of aryl methyl sites for hydroxylation is 1. The zero-order chi connectivity index (χ0) is 29.7. The normalized spacial score (nSPS) is 11.2. The minimum atomic E-state index is -4.75. The van der Waals surface area contributed by atoms with E-state index in [-0.39, 0.29) is 35.6 Å². The first-order chi connectivity index (χ1) is 19.7. The zero-order valence-corrected chi connectivity index (χ0v) is 22.3. The third-order valence-corrected chi connectivity index (χ3v) is 5.87. The van der Waals surface area contributed by atoms with Gasteiger partial charge in [-0.15, -0.1) is 10.2 Å². The molecule has 5 rings (SSSR count). The third kappa shape index (κ3) is 6.17. The van der Waals surface area contributed by atoms with E-state index >= 15 is 0 Å². The highest BCUT2D eigenvalue weighted by Crippen LogP contribution is 2.39. The van der Waals surface area contributed by atoms with Gasteiger partial charge in [-0.25, -0.2) is 14.4 Å². The van der Waals surface area contributed by atoms with Gasteiger partial charge in [0.15, 0.2) is 11.4 Å². The van der Waals surface area contributed by atoms with E-state index in [1.807, 2.05) is 19.9 Å². The molecule has 0 aliphatic rings. The van der Waals surface area contributed by atoms with E-state index in [9.17, 15) is 22.7 Å². The fraction of sp³-hybridized carbons (Fsp3) is 0.250. The molecule has 2 aromatic carbocycles. The summed E-state index contributed by atoms with van der Waals surface area (Å²) in [5.74, 6) is -0.0229. The number of nitriles is 1. The summed E-state index contributed by atoms with van der Waals surface area (Å²) in [4.78, 5) is 8.68. The third-order valence-electron chi connectivity index (χ3n) is 5.87. The van der Waals surface area contributed by atoms with E-state index in [0.29, 0.717) is 28.3 Å². The number of benzene rings is 2. The molecule has 0 bridgehead atoms. The van der Waals surface area contributed by atoms with E-state index < -0.39 is 29.7 Å². The van der Waals surface area contributed by atoms with Crippen LogP contribution in [-0.4, -0.2) is 36.4 Å². The molecule has 0 aliphatic carbocycles. The molecular weight excluding hydrogens is 542 g/mol. The molecule has 0 saturated carbocycles. The summed E-state index contributed by atoms with van der Waals surface area (Å²) in [6, 6.07) is 11.4. The van der Waals surface area contributed by atoms with Gasteiger partial charge in [0.25, 0.3) is 0 Å². The highest BCUT2D eigenvalue weighted by molar-refractivity contribution is 5.85. The molecule has 3 heterocycles. The van der Waals surface area contributed by atoms with Crippen molar-refractivity contribution >= 4 is 16.9 Å². The SMILES string of the molecule is CC.Cn1cnnc1-c1cc(F)ccc1-c1cc(NCCC#N)nc(-c2nc3cc(CO)cc(C(F)(F)F)c3o2)c1. The molecular formula is C28H25F4N7O2. The molecule has 41 heavy (non-hydrogen) atoms. The van der Waals surface area contributed by atoms with Crippen LogP contribution in [0, 0.1) is 17.1 Å². The van der Waals surface area contributed by atoms with Gasteiger partial charge in [-0.05, 0) is 53.1 Å². The molecule has 2 N–H and O–H groups in total. The largest absolute Gasteiger partial charge is 0.434 e. The fourth-order valence-corrected chi connectivity index (χ4v) is 4.12. The van der Waals surface area contributed by atoms with Gasteiger partial charge in [-0.2, -0.15) is 18.4 Å². The standard InChI is InChI=1S/C26H19F4N7O2.C2H6/c1-37-13-33-36-24(37)18-11-16(27)3-4-17(18)15-9-21(34-22(10-15)32-6-2-5-31)25-35-20-8-14(12-38)7-19(23(20)39-25)26(28,29)30;1-2/h3-4,7-11,13,38H,2,6,12H2,1H3,(H,32,34);1-2H3. The van der Waals surface area contributed by atoms with Crippen molar-refractivity contribution in [3.8, 4) is 40.2 Å². The van der Waals surface area contributed by atoms with Gasteiger partial charge in [0.2, 0.25) is 5.89 Å². The lowest BCUT2D eigenvalue weighted by Gasteiger charge is -2.13. The molecule has 0 fully saturated rings. The summed E-state index contributed by atoms with van der Waals surface area (Å²) in [7, 11) is 1.70. The van der Waals surface area contributed by atoms with Gasteiger partial charge >= 0.3 is 6.18 Å². The van der Waals surface area contributed by atoms with Crippen molar-refractivity contribution < 1.29 is 27.1 Å². The number of anilines is 1. The Kier molecular flexibility index (Phi) is 8.63. The number of halogens is 4. The minimum Gasteiger partial charge on any atom is -0.434 e. The molecule has 0 radical (unpaired) electrons. The Bertz CT molecular complexity index is 1720. The van der Waals surface area contributed by atoms with E-state index in [4.69, 9.17) is 9.68 Å². The number of hydrogen-bond acceptors (Lipinski definition) is 8. The molecule has 0 spiro atoms. The molecule has 0 saturated heterocycles. The topological polar surface area (TPSA) is 126 Å². The average Bonchev–Trinajstić information content (AvgIpc) is 3.59. The highest BCUT2D eigenvalue weighted by atomic mass is 19.4. The summed E-state index contributed by atoms with van der Waals surface area (Å²) in [6.45, 7) is 3.63. The van der Waals surface area contributed by atoms with Crippen molar-refractivity contribution in [2.24, 2.45) is 7.05 Å². The molecule has 212 valence electrons. The number of aliphatic hydroxyl groups is 1. The molecule has 0 unspecified atom stereocenters. The number of aliphatic hydroxyl groups excluding tert-OH is 1. The van der Waals surface area contributed by atoms with Crippen molar-refractivity contribution in [2.75, 3.05) is 11.9 Å². The fourth-order valence-electron chi connectivity index (χ4n) is 4.12. The van der Waals surface area contributed by atoms with Gasteiger partial charge in [-0.1, -0.05) is 19.9 Å². The van der Waals surface area contributed by atoms with Crippen molar-refractivity contribution in [3.63, 3.8) is 0 Å². The van der Waals surface area contributed by atoms with E-state index in [1.54, 1.807) is 29.8 Å². The molecule has 0 atom stereocenters. The van der Waals surface area contributed by atoms with E-state index in [0.717, 1.165) is 6.07 Å². The molecule has 13 heteroatoms. The van der Waals surface area contributed by atoms with Gasteiger partial charge in [0.1, 0.15) is 34.7 Å². The van der Waals surface area contributed by atoms with Crippen molar-refractivity contribution in [3.05, 3.63) is 65.7 Å². The van der Waals surface area contributed by atoms with Crippen LogP contribution < -0.4 is 5.32 Å². The Morgan fingerprint density at radius 1 is 1.07 bits per heavy atom. The first-order valence-electron chi connectivity index (χ1n) is 12.6. The maximum absolute atomic E-state index is 14.3. The Labute approximate surface area is 232 Å². The summed E-state index contributed by atoms with van der Waals surface area (Å²) in [6.07, 6.45) is -3.11. The maximum atomic E-state index is 14.3. The molecule has 9 nitrogen and oxygen atoms in total. The van der Waals surface area contributed by atoms with Gasteiger partial charge < -0.3 is 19.4 Å². The van der Waals surface area contributed by atoms with Crippen molar-refractivity contribution in [1.82, 2.24) is 24.7 Å². The van der Waals surface area contributed by atoms with Crippen LogP contribution in [0.3, 0.4) is 0 Å². The van der Waals surface area contributed by atoms with Crippen LogP contribution in [0.15, 0.2) is 53.2 Å². The van der Waals surface area contributed by atoms with Crippen LogP contribution in [0.4, 0.5) is 23.4 Å². The summed E-state index contributed by atoms with van der Waals surface area (Å²) >= 11 is 0. The molecule has 0 aliphatic heterocycles. The first kappa shape index (κ1) is 29.2. The number of pyridine rings is 1. The van der Waals surface area contributed by atoms with Gasteiger partial charge in [-0.3, -0.25) is 0 Å². The van der Waals surface area contributed by atoms with E-state index in [1.165, 1.54) is 24.5 Å². The number of hydrogen-bond donors (Lipinski definition) is 2. The number of rotatable bonds is 7. The second-order valence-electron chi connectivity index (χ2n) is 8.58. The number of fused-ring (bicyclic) bond motifs is 1. The average molecular weight is 568 g/mol. The van der Waals surface area contributed by atoms with Crippen LogP contribution in [0.1, 0.15) is 31.4 Å². The van der Waals surface area contributed by atoms with Crippen LogP contribution in [-0.2, 0) is 19.8 Å². The Balaban J connectivity index is 0.00000189.